The number of nitrogens with zero attached hydrogens (tertiary/aromatic N) is 2. The molecule has 0 aromatic rings. The van der Waals surface area contributed by atoms with E-state index in [0.717, 1.165) is 44.9 Å². The molecule has 4 heteroatoms. The number of likely N-dealkylation sites (tertiary alicyclic amines) is 1. The topological polar surface area (TPSA) is 52.7 Å². The summed E-state index contributed by atoms with van der Waals surface area (Å²) in [5.41, 5.74) is 0.251. The first kappa shape index (κ1) is 13.3. The number of hydrogen-bond acceptors (Lipinski definition) is 4. The third-order valence-corrected chi connectivity index (χ3v) is 4.81. The third kappa shape index (κ3) is 2.99. The molecule has 2 aliphatic rings. The van der Waals surface area contributed by atoms with Gasteiger partial charge in [-0.1, -0.05) is 0 Å². The predicted octanol–water partition coefficient (Wildman–Crippen LogP) is 0.807. The summed E-state index contributed by atoms with van der Waals surface area (Å²) in [6.07, 6.45) is 4.18. The molecule has 0 amide bonds. The molecule has 0 aromatic heterocycles. The van der Waals surface area contributed by atoms with E-state index in [4.69, 9.17) is 5.84 Å². The minimum absolute atomic E-state index is 0.0760. The van der Waals surface area contributed by atoms with Crippen molar-refractivity contribution in [2.24, 2.45) is 11.8 Å². The molecule has 2 aliphatic heterocycles. The van der Waals surface area contributed by atoms with E-state index in [1.54, 1.807) is 0 Å². The van der Waals surface area contributed by atoms with Crippen LogP contribution in [0.1, 0.15) is 39.5 Å². The zero-order valence-electron chi connectivity index (χ0n) is 11.2. The highest BCUT2D eigenvalue weighted by Crippen LogP contribution is 2.34. The normalized spacial score (nSPS) is 27.5. The van der Waals surface area contributed by atoms with Gasteiger partial charge < -0.3 is 5.11 Å². The van der Waals surface area contributed by atoms with E-state index in [9.17, 15) is 5.11 Å². The molecular weight excluding hydrogens is 214 g/mol. The molecule has 0 spiro atoms. The van der Waals surface area contributed by atoms with E-state index in [1.165, 1.54) is 12.8 Å². The Morgan fingerprint density at radius 2 is 1.53 bits per heavy atom. The monoisotopic (exact) mass is 241 g/mol. The van der Waals surface area contributed by atoms with Gasteiger partial charge in [0.05, 0.1) is 6.10 Å². The van der Waals surface area contributed by atoms with Crippen LogP contribution >= 0.6 is 0 Å². The molecule has 0 atom stereocenters. The molecule has 0 aliphatic carbocycles. The molecule has 0 unspecified atom stereocenters. The molecule has 2 rings (SSSR count). The van der Waals surface area contributed by atoms with Crippen LogP contribution in [0.25, 0.3) is 0 Å². The molecule has 0 saturated carbocycles. The van der Waals surface area contributed by atoms with Crippen molar-refractivity contribution in [2.45, 2.75) is 51.2 Å². The Balaban J connectivity index is 1.93. The molecule has 100 valence electrons. The van der Waals surface area contributed by atoms with Gasteiger partial charge in [-0.3, -0.25) is 10.7 Å². The third-order valence-electron chi connectivity index (χ3n) is 4.81. The summed E-state index contributed by atoms with van der Waals surface area (Å²) >= 11 is 0. The van der Waals surface area contributed by atoms with Crippen molar-refractivity contribution in [2.75, 3.05) is 26.2 Å². The highest BCUT2D eigenvalue weighted by atomic mass is 16.3. The van der Waals surface area contributed by atoms with Gasteiger partial charge >= 0.3 is 0 Å². The Bertz CT molecular complexity index is 217. The number of rotatable bonds is 2. The predicted molar refractivity (Wildman–Crippen MR) is 69.4 cm³/mol. The summed E-state index contributed by atoms with van der Waals surface area (Å²) < 4.78 is 0. The van der Waals surface area contributed by atoms with Gasteiger partial charge in [0.25, 0.3) is 0 Å². The van der Waals surface area contributed by atoms with Gasteiger partial charge in [0.15, 0.2) is 0 Å². The smallest absolute Gasteiger partial charge is 0.0564 e. The molecule has 0 bridgehead atoms. The van der Waals surface area contributed by atoms with E-state index in [2.05, 4.69) is 18.7 Å². The van der Waals surface area contributed by atoms with Gasteiger partial charge in [-0.2, -0.15) is 0 Å². The number of hydrogen-bond donors (Lipinski definition) is 2. The first-order valence-corrected chi connectivity index (χ1v) is 6.93. The number of piperidine rings is 2. The number of hydrazine groups is 1. The molecular formula is C13H27N3O. The summed E-state index contributed by atoms with van der Waals surface area (Å²) in [4.78, 5) is 2.57. The molecule has 0 radical (unpaired) electrons. The summed E-state index contributed by atoms with van der Waals surface area (Å²) in [6.45, 7) is 8.84. The maximum Gasteiger partial charge on any atom is 0.0564 e. The second-order valence-corrected chi connectivity index (χ2v) is 6.18. The minimum atomic E-state index is -0.0760. The van der Waals surface area contributed by atoms with Gasteiger partial charge in [0.2, 0.25) is 0 Å². The van der Waals surface area contributed by atoms with E-state index in [0.29, 0.717) is 0 Å². The van der Waals surface area contributed by atoms with Gasteiger partial charge in [-0.15, -0.1) is 0 Å². The Kier molecular flexibility index (Phi) is 4.08. The van der Waals surface area contributed by atoms with Crippen molar-refractivity contribution in [1.29, 1.82) is 0 Å². The fourth-order valence-electron chi connectivity index (χ4n) is 3.31. The number of nitrogens with two attached hydrogens (primary N) is 1. The SMILES string of the molecule is CC(C)(C1CCN(N)CC1)N1CCC(O)CC1. The largest absolute Gasteiger partial charge is 0.393 e. The van der Waals surface area contributed by atoms with E-state index < -0.39 is 0 Å². The molecule has 4 nitrogen and oxygen atoms in total. The van der Waals surface area contributed by atoms with E-state index >= 15 is 0 Å². The lowest BCUT2D eigenvalue weighted by Gasteiger charge is -2.48. The van der Waals surface area contributed by atoms with Crippen molar-refractivity contribution in [1.82, 2.24) is 9.91 Å². The van der Waals surface area contributed by atoms with Gasteiger partial charge in [-0.25, -0.2) is 5.01 Å². The maximum atomic E-state index is 9.59. The summed E-state index contributed by atoms with van der Waals surface area (Å²) in [7, 11) is 0. The Hall–Kier alpha value is -0.160. The molecule has 2 fully saturated rings. The van der Waals surface area contributed by atoms with Crippen LogP contribution in [0.4, 0.5) is 0 Å². The molecule has 2 saturated heterocycles. The zero-order valence-corrected chi connectivity index (χ0v) is 11.2. The van der Waals surface area contributed by atoms with Crippen LogP contribution in [0, 0.1) is 5.92 Å². The van der Waals surface area contributed by atoms with Crippen LogP contribution in [0.3, 0.4) is 0 Å². The standard InChI is InChI=1S/C13H27N3O/c1-13(2,11-3-9-16(14)10-4-11)15-7-5-12(17)6-8-15/h11-12,17H,3-10,14H2,1-2H3. The fraction of sp³-hybridized carbons (Fsp3) is 1.00. The van der Waals surface area contributed by atoms with Crippen molar-refractivity contribution in [3.8, 4) is 0 Å². The quantitative estimate of drug-likeness (QED) is 0.703. The molecule has 3 N–H and O–H groups in total. The van der Waals surface area contributed by atoms with Crippen LogP contribution in [0.2, 0.25) is 0 Å². The fourth-order valence-corrected chi connectivity index (χ4v) is 3.31. The maximum absolute atomic E-state index is 9.59. The summed E-state index contributed by atoms with van der Waals surface area (Å²) in [5, 5.41) is 11.5. The van der Waals surface area contributed by atoms with E-state index in [1.807, 2.05) is 5.01 Å². The van der Waals surface area contributed by atoms with Crippen LogP contribution in [-0.4, -0.2) is 52.8 Å². The first-order valence-electron chi connectivity index (χ1n) is 6.93. The lowest BCUT2D eigenvalue weighted by atomic mass is 9.78. The molecule has 0 aromatic carbocycles. The van der Waals surface area contributed by atoms with Crippen LogP contribution in [0.5, 0.6) is 0 Å². The molecule has 17 heavy (non-hydrogen) atoms. The molecule has 2 heterocycles. The lowest BCUT2D eigenvalue weighted by molar-refractivity contribution is -0.0145. The van der Waals surface area contributed by atoms with Crippen LogP contribution in [0.15, 0.2) is 0 Å². The minimum Gasteiger partial charge on any atom is -0.393 e. The van der Waals surface area contributed by atoms with Crippen molar-refractivity contribution >= 4 is 0 Å². The summed E-state index contributed by atoms with van der Waals surface area (Å²) in [6, 6.07) is 0. The van der Waals surface area contributed by atoms with Gasteiger partial charge in [0, 0.05) is 31.7 Å². The second-order valence-electron chi connectivity index (χ2n) is 6.18. The number of aliphatic hydroxyl groups excluding tert-OH is 1. The zero-order chi connectivity index (χ0) is 12.5. The highest BCUT2D eigenvalue weighted by Gasteiger charge is 2.38. The van der Waals surface area contributed by atoms with Crippen LogP contribution < -0.4 is 5.84 Å². The first-order chi connectivity index (χ1) is 8.00. The van der Waals surface area contributed by atoms with Crippen molar-refractivity contribution in [3.63, 3.8) is 0 Å². The highest BCUT2D eigenvalue weighted by molar-refractivity contribution is 4.93. The Morgan fingerprint density at radius 1 is 1.00 bits per heavy atom. The van der Waals surface area contributed by atoms with Gasteiger partial charge in [0.1, 0.15) is 0 Å². The average Bonchev–Trinajstić information content (AvgIpc) is 2.30. The van der Waals surface area contributed by atoms with E-state index in [-0.39, 0.29) is 11.6 Å². The van der Waals surface area contributed by atoms with Crippen molar-refractivity contribution in [3.05, 3.63) is 0 Å². The number of aliphatic hydroxyl groups is 1. The second kappa shape index (κ2) is 5.22. The van der Waals surface area contributed by atoms with Crippen molar-refractivity contribution < 1.29 is 5.11 Å². The average molecular weight is 241 g/mol. The van der Waals surface area contributed by atoms with Crippen LogP contribution in [-0.2, 0) is 0 Å². The lowest BCUT2D eigenvalue weighted by Crippen LogP contribution is -2.55. The van der Waals surface area contributed by atoms with Gasteiger partial charge in [-0.05, 0) is 45.4 Å². The summed E-state index contributed by atoms with van der Waals surface area (Å²) in [5.74, 6) is 6.56. The Labute approximate surface area is 105 Å². The Morgan fingerprint density at radius 3 is 2.06 bits per heavy atom.